The maximum absolute atomic E-state index is 6.20. The van der Waals surface area contributed by atoms with Gasteiger partial charge < -0.3 is 19.9 Å². The van der Waals surface area contributed by atoms with Crippen molar-refractivity contribution in [2.45, 2.75) is 25.0 Å². The van der Waals surface area contributed by atoms with Crippen LogP contribution in [0.3, 0.4) is 0 Å². The third kappa shape index (κ3) is 4.01. The molecule has 0 bridgehead atoms. The van der Waals surface area contributed by atoms with Crippen LogP contribution < -0.4 is 5.73 Å². The second-order valence-electron chi connectivity index (χ2n) is 4.80. The summed E-state index contributed by atoms with van der Waals surface area (Å²) in [5.41, 5.74) is 8.74. The summed E-state index contributed by atoms with van der Waals surface area (Å²) >= 11 is 0. The summed E-state index contributed by atoms with van der Waals surface area (Å²) in [5.74, 6) is 0. The van der Waals surface area contributed by atoms with Crippen LogP contribution >= 0.6 is 0 Å². The van der Waals surface area contributed by atoms with Crippen LogP contribution in [0.4, 0.5) is 0 Å². The highest BCUT2D eigenvalue weighted by molar-refractivity contribution is 5.36. The normalized spacial score (nSPS) is 21.6. The summed E-state index contributed by atoms with van der Waals surface area (Å²) in [6.45, 7) is 2.69. The molecule has 4 heteroatoms. The largest absolute Gasteiger partial charge is 0.382 e. The fourth-order valence-electron chi connectivity index (χ4n) is 2.39. The Morgan fingerprint density at radius 2 is 2.00 bits per heavy atom. The smallest absolute Gasteiger partial charge is 0.0808 e. The number of ether oxygens (including phenoxy) is 3. The molecule has 0 amide bonds. The maximum Gasteiger partial charge on any atom is 0.0808 e. The molecule has 106 valence electrons. The zero-order valence-electron chi connectivity index (χ0n) is 11.5. The van der Waals surface area contributed by atoms with Crippen molar-refractivity contribution in [2.24, 2.45) is 5.73 Å². The standard InChI is InChI=1S/C15H23NO3/c1-17-9-10-18-7-4-8-19-14-11-12-5-2-3-6-13(12)15(14)16/h2-3,5-6,14-15H,4,7-11,16H2,1H3. The van der Waals surface area contributed by atoms with Crippen LogP contribution in [0.1, 0.15) is 23.6 Å². The highest BCUT2D eigenvalue weighted by Gasteiger charge is 2.29. The first kappa shape index (κ1) is 14.5. The van der Waals surface area contributed by atoms with E-state index >= 15 is 0 Å². The van der Waals surface area contributed by atoms with Crippen molar-refractivity contribution in [2.75, 3.05) is 33.5 Å². The average Bonchev–Trinajstić information content (AvgIpc) is 2.75. The van der Waals surface area contributed by atoms with E-state index < -0.39 is 0 Å². The Bertz CT molecular complexity index is 383. The lowest BCUT2D eigenvalue weighted by atomic mass is 10.1. The van der Waals surface area contributed by atoms with Gasteiger partial charge in [-0.3, -0.25) is 0 Å². The van der Waals surface area contributed by atoms with Gasteiger partial charge in [-0.2, -0.15) is 0 Å². The molecule has 0 saturated carbocycles. The van der Waals surface area contributed by atoms with E-state index in [1.807, 2.05) is 6.07 Å². The van der Waals surface area contributed by atoms with Crippen molar-refractivity contribution < 1.29 is 14.2 Å². The second kappa shape index (κ2) is 7.60. The van der Waals surface area contributed by atoms with Crippen molar-refractivity contribution in [1.29, 1.82) is 0 Å². The van der Waals surface area contributed by atoms with Crippen LogP contribution in [0.5, 0.6) is 0 Å². The first-order chi connectivity index (χ1) is 9.33. The lowest BCUT2D eigenvalue weighted by Gasteiger charge is -2.17. The van der Waals surface area contributed by atoms with Gasteiger partial charge in [0.2, 0.25) is 0 Å². The quantitative estimate of drug-likeness (QED) is 0.727. The molecule has 2 N–H and O–H groups in total. The molecule has 1 aliphatic rings. The van der Waals surface area contributed by atoms with Gasteiger partial charge in [-0.1, -0.05) is 24.3 Å². The SMILES string of the molecule is COCCOCCCOC1Cc2ccccc2C1N. The molecule has 0 heterocycles. The van der Waals surface area contributed by atoms with Crippen LogP contribution in [0.15, 0.2) is 24.3 Å². The van der Waals surface area contributed by atoms with Gasteiger partial charge in [0.1, 0.15) is 0 Å². The lowest BCUT2D eigenvalue weighted by molar-refractivity contribution is 0.0180. The van der Waals surface area contributed by atoms with E-state index in [-0.39, 0.29) is 12.1 Å². The number of nitrogens with two attached hydrogens (primary N) is 1. The molecular weight excluding hydrogens is 242 g/mol. The van der Waals surface area contributed by atoms with Crippen molar-refractivity contribution >= 4 is 0 Å². The summed E-state index contributed by atoms with van der Waals surface area (Å²) in [7, 11) is 1.67. The van der Waals surface area contributed by atoms with Crippen LogP contribution in [-0.4, -0.2) is 39.6 Å². The van der Waals surface area contributed by atoms with Crippen molar-refractivity contribution in [3.8, 4) is 0 Å². The van der Waals surface area contributed by atoms with Crippen LogP contribution in [0, 0.1) is 0 Å². The van der Waals surface area contributed by atoms with Gasteiger partial charge in [-0.15, -0.1) is 0 Å². The Balaban J connectivity index is 1.63. The fraction of sp³-hybridized carbons (Fsp3) is 0.600. The predicted molar refractivity (Wildman–Crippen MR) is 74.1 cm³/mol. The summed E-state index contributed by atoms with van der Waals surface area (Å²) in [6.07, 6.45) is 1.92. The Morgan fingerprint density at radius 3 is 2.79 bits per heavy atom. The molecule has 0 spiro atoms. The first-order valence-corrected chi connectivity index (χ1v) is 6.84. The van der Waals surface area contributed by atoms with Crippen molar-refractivity contribution in [1.82, 2.24) is 0 Å². The molecule has 0 saturated heterocycles. The number of rotatable bonds is 8. The van der Waals surface area contributed by atoms with Crippen molar-refractivity contribution in [3.05, 3.63) is 35.4 Å². The Hall–Kier alpha value is -0.940. The minimum Gasteiger partial charge on any atom is -0.382 e. The minimum atomic E-state index is 0.00519. The Morgan fingerprint density at radius 1 is 1.16 bits per heavy atom. The second-order valence-corrected chi connectivity index (χ2v) is 4.80. The number of fused-ring (bicyclic) bond motifs is 1. The predicted octanol–water partition coefficient (Wildman–Crippen LogP) is 1.68. The highest BCUT2D eigenvalue weighted by Crippen LogP contribution is 2.31. The summed E-state index contributed by atoms with van der Waals surface area (Å²) < 4.78 is 16.2. The van der Waals surface area contributed by atoms with Gasteiger partial charge in [-0.25, -0.2) is 0 Å². The Kier molecular flexibility index (Phi) is 5.79. The van der Waals surface area contributed by atoms with Gasteiger partial charge >= 0.3 is 0 Å². The molecule has 0 aromatic heterocycles. The van der Waals surface area contributed by atoms with E-state index in [2.05, 4.69) is 18.2 Å². The molecule has 2 unspecified atom stereocenters. The van der Waals surface area contributed by atoms with Crippen LogP contribution in [-0.2, 0) is 20.6 Å². The van der Waals surface area contributed by atoms with E-state index in [4.69, 9.17) is 19.9 Å². The molecule has 4 nitrogen and oxygen atoms in total. The van der Waals surface area contributed by atoms with Gasteiger partial charge in [0.25, 0.3) is 0 Å². The molecular formula is C15H23NO3. The molecule has 1 aliphatic carbocycles. The number of hydrogen-bond donors (Lipinski definition) is 1. The zero-order chi connectivity index (χ0) is 13.5. The average molecular weight is 265 g/mol. The minimum absolute atomic E-state index is 0.00519. The number of methoxy groups -OCH3 is 1. The monoisotopic (exact) mass is 265 g/mol. The van der Waals surface area contributed by atoms with E-state index in [9.17, 15) is 0 Å². The van der Waals surface area contributed by atoms with Gasteiger partial charge in [0.15, 0.2) is 0 Å². The highest BCUT2D eigenvalue weighted by atomic mass is 16.5. The first-order valence-electron chi connectivity index (χ1n) is 6.84. The van der Waals surface area contributed by atoms with E-state index in [1.54, 1.807) is 7.11 Å². The molecule has 0 fully saturated rings. The number of hydrogen-bond acceptors (Lipinski definition) is 4. The molecule has 19 heavy (non-hydrogen) atoms. The van der Waals surface area contributed by atoms with Gasteiger partial charge in [0, 0.05) is 26.7 Å². The fourth-order valence-corrected chi connectivity index (χ4v) is 2.39. The van der Waals surface area contributed by atoms with Gasteiger partial charge in [-0.05, 0) is 17.5 Å². The van der Waals surface area contributed by atoms with Crippen LogP contribution in [0.2, 0.25) is 0 Å². The molecule has 0 aliphatic heterocycles. The third-order valence-corrected chi connectivity index (χ3v) is 3.43. The van der Waals surface area contributed by atoms with Crippen LogP contribution in [0.25, 0.3) is 0 Å². The lowest BCUT2D eigenvalue weighted by Crippen LogP contribution is -2.25. The summed E-state index contributed by atoms with van der Waals surface area (Å²) in [6, 6.07) is 8.32. The zero-order valence-corrected chi connectivity index (χ0v) is 11.5. The molecule has 2 rings (SSSR count). The summed E-state index contributed by atoms with van der Waals surface area (Å²) in [4.78, 5) is 0. The van der Waals surface area contributed by atoms with E-state index in [0.29, 0.717) is 26.4 Å². The van der Waals surface area contributed by atoms with Crippen molar-refractivity contribution in [3.63, 3.8) is 0 Å². The van der Waals surface area contributed by atoms with E-state index in [0.717, 1.165) is 12.8 Å². The molecule has 1 aromatic rings. The maximum atomic E-state index is 6.20. The number of benzene rings is 1. The molecule has 2 atom stereocenters. The van der Waals surface area contributed by atoms with E-state index in [1.165, 1.54) is 11.1 Å². The Labute approximate surface area is 114 Å². The van der Waals surface area contributed by atoms with Gasteiger partial charge in [0.05, 0.1) is 25.4 Å². The third-order valence-electron chi connectivity index (χ3n) is 3.43. The molecule has 0 radical (unpaired) electrons. The topological polar surface area (TPSA) is 53.7 Å². The summed E-state index contributed by atoms with van der Waals surface area (Å²) in [5, 5.41) is 0. The molecule has 1 aromatic carbocycles.